The lowest BCUT2D eigenvalue weighted by atomic mass is 9.88. The van der Waals surface area contributed by atoms with Crippen molar-refractivity contribution in [3.05, 3.63) is 53.9 Å². The van der Waals surface area contributed by atoms with E-state index in [9.17, 15) is 4.79 Å². The zero-order chi connectivity index (χ0) is 14.0. The minimum Gasteiger partial charge on any atom is -0.376 e. The molecule has 104 valence electrons. The molecule has 2 aromatic rings. The average Bonchev–Trinajstić information content (AvgIpc) is 2.80. The molecule has 0 spiro atoms. The highest BCUT2D eigenvalue weighted by molar-refractivity contribution is 5.77. The first-order chi connectivity index (χ1) is 9.68. The molecular formula is C15H17N3O2. The molecule has 20 heavy (non-hydrogen) atoms. The van der Waals surface area contributed by atoms with Crippen LogP contribution in [0.3, 0.4) is 0 Å². The van der Waals surface area contributed by atoms with Crippen LogP contribution in [0.25, 0.3) is 0 Å². The number of nitrogens with one attached hydrogen (secondary N) is 1. The van der Waals surface area contributed by atoms with Crippen molar-refractivity contribution in [1.29, 1.82) is 0 Å². The van der Waals surface area contributed by atoms with Gasteiger partial charge in [-0.1, -0.05) is 30.3 Å². The Labute approximate surface area is 117 Å². The topological polar surface area (TPSA) is 56.2 Å². The molecular weight excluding hydrogens is 254 g/mol. The third-order valence-electron chi connectivity index (χ3n) is 3.47. The van der Waals surface area contributed by atoms with Gasteiger partial charge in [-0.2, -0.15) is 5.10 Å². The van der Waals surface area contributed by atoms with E-state index < -0.39 is 0 Å². The molecule has 0 radical (unpaired) electrons. The maximum atomic E-state index is 12.2. The molecule has 1 fully saturated rings. The average molecular weight is 271 g/mol. The van der Waals surface area contributed by atoms with E-state index in [1.807, 2.05) is 43.5 Å². The summed E-state index contributed by atoms with van der Waals surface area (Å²) in [5, 5.41) is 7.21. The molecule has 5 nitrogen and oxygen atoms in total. The van der Waals surface area contributed by atoms with Gasteiger partial charge in [0.2, 0.25) is 5.91 Å². The highest BCUT2D eigenvalue weighted by atomic mass is 16.5. The van der Waals surface area contributed by atoms with Gasteiger partial charge in [0.25, 0.3) is 0 Å². The van der Waals surface area contributed by atoms with Crippen LogP contribution in [0.1, 0.15) is 11.1 Å². The van der Waals surface area contributed by atoms with Crippen LogP contribution >= 0.6 is 0 Å². The number of amides is 1. The second kappa shape index (κ2) is 5.09. The molecule has 0 aliphatic carbocycles. The first kappa shape index (κ1) is 12.9. The van der Waals surface area contributed by atoms with Crippen LogP contribution in [0.2, 0.25) is 0 Å². The molecule has 2 heterocycles. The molecule has 0 unspecified atom stereocenters. The van der Waals surface area contributed by atoms with Crippen molar-refractivity contribution in [2.24, 2.45) is 0 Å². The van der Waals surface area contributed by atoms with Gasteiger partial charge < -0.3 is 10.1 Å². The fraction of sp³-hybridized carbons (Fsp3) is 0.333. The fourth-order valence-corrected chi connectivity index (χ4v) is 2.38. The van der Waals surface area contributed by atoms with Crippen molar-refractivity contribution in [2.45, 2.75) is 19.0 Å². The van der Waals surface area contributed by atoms with E-state index in [0.717, 1.165) is 11.1 Å². The number of aromatic nitrogens is 2. The summed E-state index contributed by atoms with van der Waals surface area (Å²) < 4.78 is 6.95. The van der Waals surface area contributed by atoms with Crippen LogP contribution in [-0.2, 0) is 21.6 Å². The molecule has 1 N–H and O–H groups in total. The number of nitrogens with zero attached hydrogens (tertiary/aromatic N) is 2. The van der Waals surface area contributed by atoms with Crippen LogP contribution in [0.15, 0.2) is 42.7 Å². The summed E-state index contributed by atoms with van der Waals surface area (Å²) in [6.45, 7) is 3.21. The van der Waals surface area contributed by atoms with Crippen LogP contribution < -0.4 is 5.32 Å². The predicted molar refractivity (Wildman–Crippen MR) is 74.0 cm³/mol. The zero-order valence-corrected chi connectivity index (χ0v) is 11.4. The van der Waals surface area contributed by atoms with E-state index in [0.29, 0.717) is 13.2 Å². The maximum absolute atomic E-state index is 12.2. The Morgan fingerprint density at radius 1 is 1.40 bits per heavy atom. The Kier molecular flexibility index (Phi) is 3.28. The molecule has 1 aliphatic heterocycles. The van der Waals surface area contributed by atoms with E-state index in [1.54, 1.807) is 10.9 Å². The van der Waals surface area contributed by atoms with Gasteiger partial charge in [-0.3, -0.25) is 9.48 Å². The Hall–Kier alpha value is -2.14. The number of aryl methyl sites for hydroxylation is 1. The van der Waals surface area contributed by atoms with Gasteiger partial charge in [-0.05, 0) is 18.1 Å². The van der Waals surface area contributed by atoms with Crippen molar-refractivity contribution in [3.8, 4) is 0 Å². The number of benzene rings is 1. The third-order valence-corrected chi connectivity index (χ3v) is 3.47. The zero-order valence-electron chi connectivity index (χ0n) is 11.4. The maximum Gasteiger partial charge on any atom is 0.242 e. The Balaban J connectivity index is 1.70. The second-order valence-electron chi connectivity index (χ2n) is 5.20. The molecule has 0 atom stereocenters. The predicted octanol–water partition coefficient (Wildman–Crippen LogP) is 1.23. The number of rotatable bonds is 4. The van der Waals surface area contributed by atoms with Gasteiger partial charge in [-0.25, -0.2) is 0 Å². The minimum atomic E-state index is -0.388. The molecule has 1 aromatic carbocycles. The van der Waals surface area contributed by atoms with Crippen molar-refractivity contribution in [2.75, 3.05) is 13.2 Å². The van der Waals surface area contributed by atoms with E-state index in [1.165, 1.54) is 0 Å². The van der Waals surface area contributed by atoms with Gasteiger partial charge >= 0.3 is 0 Å². The summed E-state index contributed by atoms with van der Waals surface area (Å²) in [7, 11) is 0. The summed E-state index contributed by atoms with van der Waals surface area (Å²) >= 11 is 0. The van der Waals surface area contributed by atoms with Crippen molar-refractivity contribution in [3.63, 3.8) is 0 Å². The molecule has 1 aliphatic rings. The highest BCUT2D eigenvalue weighted by Crippen LogP contribution is 2.29. The Morgan fingerprint density at radius 2 is 2.15 bits per heavy atom. The van der Waals surface area contributed by atoms with Crippen LogP contribution in [-0.4, -0.2) is 28.9 Å². The van der Waals surface area contributed by atoms with Crippen LogP contribution in [0.5, 0.6) is 0 Å². The van der Waals surface area contributed by atoms with E-state index in [-0.39, 0.29) is 18.0 Å². The van der Waals surface area contributed by atoms with Crippen LogP contribution in [0.4, 0.5) is 0 Å². The van der Waals surface area contributed by atoms with E-state index >= 15 is 0 Å². The fourth-order valence-electron chi connectivity index (χ4n) is 2.38. The summed E-state index contributed by atoms with van der Waals surface area (Å²) in [5.74, 6) is -0.0553. The van der Waals surface area contributed by atoms with E-state index in [2.05, 4.69) is 10.4 Å². The van der Waals surface area contributed by atoms with Crippen LogP contribution in [0, 0.1) is 6.92 Å². The minimum absolute atomic E-state index is 0.0553. The Bertz CT molecular complexity index is 603. The van der Waals surface area contributed by atoms with Crippen molar-refractivity contribution >= 4 is 5.91 Å². The van der Waals surface area contributed by atoms with Gasteiger partial charge in [-0.15, -0.1) is 0 Å². The molecule has 0 bridgehead atoms. The van der Waals surface area contributed by atoms with Gasteiger partial charge in [0.05, 0.1) is 19.4 Å². The SMILES string of the molecule is Cc1cnn(CC(=O)NC2(c3ccccc3)COC2)c1. The number of hydrogen-bond acceptors (Lipinski definition) is 3. The summed E-state index contributed by atoms with van der Waals surface area (Å²) in [6, 6.07) is 9.93. The molecule has 1 amide bonds. The first-order valence-electron chi connectivity index (χ1n) is 6.61. The number of carbonyl (C=O) groups excluding carboxylic acids is 1. The van der Waals surface area contributed by atoms with E-state index in [4.69, 9.17) is 4.74 Å². The molecule has 5 heteroatoms. The molecule has 0 saturated carbocycles. The standard InChI is InChI=1S/C15H17N3O2/c1-12-7-16-18(8-12)9-14(19)17-15(10-20-11-15)13-5-3-2-4-6-13/h2-8H,9-11H2,1H3,(H,17,19). The normalized spacial score (nSPS) is 16.4. The Morgan fingerprint density at radius 3 is 2.70 bits per heavy atom. The monoisotopic (exact) mass is 271 g/mol. The van der Waals surface area contributed by atoms with Crippen molar-refractivity contribution in [1.82, 2.24) is 15.1 Å². The number of hydrogen-bond donors (Lipinski definition) is 1. The lowest BCUT2D eigenvalue weighted by molar-refractivity contribution is -0.134. The third kappa shape index (κ3) is 2.44. The smallest absolute Gasteiger partial charge is 0.242 e. The summed E-state index contributed by atoms with van der Waals surface area (Å²) in [5.41, 5.74) is 1.74. The number of carbonyl (C=O) groups is 1. The van der Waals surface area contributed by atoms with Gasteiger partial charge in [0.15, 0.2) is 0 Å². The number of ether oxygens (including phenoxy) is 1. The summed E-state index contributed by atoms with van der Waals surface area (Å²) in [6.07, 6.45) is 3.60. The van der Waals surface area contributed by atoms with Gasteiger partial charge in [0.1, 0.15) is 12.1 Å². The highest BCUT2D eigenvalue weighted by Gasteiger charge is 2.41. The lowest BCUT2D eigenvalue weighted by Gasteiger charge is -2.42. The molecule has 3 rings (SSSR count). The molecule has 1 saturated heterocycles. The van der Waals surface area contributed by atoms with Gasteiger partial charge in [0, 0.05) is 6.20 Å². The first-order valence-corrected chi connectivity index (χ1v) is 6.61. The van der Waals surface area contributed by atoms with Crippen molar-refractivity contribution < 1.29 is 9.53 Å². The largest absolute Gasteiger partial charge is 0.376 e. The molecule has 1 aromatic heterocycles. The lowest BCUT2D eigenvalue weighted by Crippen LogP contribution is -2.59. The summed E-state index contributed by atoms with van der Waals surface area (Å²) in [4.78, 5) is 12.2. The quantitative estimate of drug-likeness (QED) is 0.910. The second-order valence-corrected chi connectivity index (χ2v) is 5.20.